The number of aromatic nitrogens is 1. The molecule has 1 aromatic heterocycles. The van der Waals surface area contributed by atoms with Gasteiger partial charge in [0, 0.05) is 18.9 Å². The summed E-state index contributed by atoms with van der Waals surface area (Å²) in [6.07, 6.45) is -3.48. The van der Waals surface area contributed by atoms with Crippen LogP contribution in [0.25, 0.3) is 0 Å². The maximum atomic E-state index is 13.1. The highest BCUT2D eigenvalue weighted by Crippen LogP contribution is 2.36. The van der Waals surface area contributed by atoms with Gasteiger partial charge in [-0.1, -0.05) is 23.2 Å². The predicted octanol–water partition coefficient (Wildman–Crippen LogP) is 2.46. The minimum atomic E-state index is -4.80. The molecule has 0 atom stereocenters. The van der Waals surface area contributed by atoms with E-state index < -0.39 is 38.4 Å². The summed E-state index contributed by atoms with van der Waals surface area (Å²) >= 11 is 11.4. The Labute approximate surface area is 159 Å². The van der Waals surface area contributed by atoms with Crippen LogP contribution in [-0.4, -0.2) is 35.1 Å². The van der Waals surface area contributed by atoms with Crippen molar-refractivity contribution < 1.29 is 26.3 Å². The lowest BCUT2D eigenvalue weighted by Gasteiger charge is -2.25. The fourth-order valence-corrected chi connectivity index (χ4v) is 3.97. The van der Waals surface area contributed by atoms with Crippen LogP contribution in [-0.2, 0) is 20.9 Å². The fourth-order valence-electron chi connectivity index (χ4n) is 2.14. The quantitative estimate of drug-likeness (QED) is 0.544. The highest BCUT2D eigenvalue weighted by atomic mass is 35.5. The zero-order valence-electron chi connectivity index (χ0n) is 13.5. The van der Waals surface area contributed by atoms with Gasteiger partial charge in [0.05, 0.1) is 26.2 Å². The van der Waals surface area contributed by atoms with E-state index in [1.165, 1.54) is 27.2 Å². The van der Waals surface area contributed by atoms with E-state index in [0.717, 1.165) is 16.4 Å². The Balaban J connectivity index is 2.64. The lowest BCUT2D eigenvalue weighted by molar-refractivity contribution is -0.137. The summed E-state index contributed by atoms with van der Waals surface area (Å²) in [5.74, 6) is 0. The number of hydrogen-bond acceptors (Lipinski definition) is 4. The predicted molar refractivity (Wildman–Crippen MR) is 95.4 cm³/mol. The summed E-state index contributed by atoms with van der Waals surface area (Å²) in [5, 5.41) is -0.440. The molecule has 1 aromatic carbocycles. The smallest absolute Gasteiger partial charge is 0.363 e. The average molecular weight is 427 g/mol. The van der Waals surface area contributed by atoms with E-state index in [0.29, 0.717) is 11.7 Å². The molecule has 0 aliphatic carbocycles. The van der Waals surface area contributed by atoms with E-state index in [1.54, 1.807) is 0 Å². The fraction of sp³-hybridized carbons (Fsp3) is 0.214. The van der Waals surface area contributed by atoms with Gasteiger partial charge in [-0.25, -0.2) is 12.7 Å². The van der Waals surface area contributed by atoms with Crippen molar-refractivity contribution in [1.82, 2.24) is 4.98 Å². The lowest BCUT2D eigenvalue weighted by atomic mass is 10.0. The molecule has 2 rings (SSSR count). The molecule has 0 aliphatic rings. The van der Waals surface area contributed by atoms with Crippen LogP contribution in [0.4, 0.5) is 18.9 Å². The van der Waals surface area contributed by atoms with Gasteiger partial charge in [-0.2, -0.15) is 13.2 Å². The largest absolute Gasteiger partial charge is 0.417 e. The molecule has 1 heterocycles. The topological polar surface area (TPSA) is 59.5 Å². The van der Waals surface area contributed by atoms with Crippen molar-refractivity contribution in [3.8, 4) is 0 Å². The normalized spacial score (nSPS) is 12.2. The summed E-state index contributed by atoms with van der Waals surface area (Å²) in [7, 11) is -1.62. The number of pyridine rings is 1. The molecule has 0 saturated heterocycles. The van der Waals surface area contributed by atoms with Gasteiger partial charge in [-0.3, -0.25) is 4.98 Å². The SMILES string of the molecule is Bc1ncc(Cl)cc1N(COC)S(=O)(=O)c1ccc(Cl)c(C(F)(F)F)c1. The van der Waals surface area contributed by atoms with Crippen LogP contribution in [0.15, 0.2) is 35.4 Å². The zero-order valence-corrected chi connectivity index (χ0v) is 15.8. The van der Waals surface area contributed by atoms with E-state index in [9.17, 15) is 21.6 Å². The van der Waals surface area contributed by atoms with Gasteiger partial charge in [-0.15, -0.1) is 0 Å². The van der Waals surface area contributed by atoms with E-state index >= 15 is 0 Å². The third kappa shape index (κ3) is 4.25. The van der Waals surface area contributed by atoms with Crippen LogP contribution in [0.1, 0.15) is 5.56 Å². The van der Waals surface area contributed by atoms with Crippen LogP contribution < -0.4 is 9.90 Å². The molecule has 0 bridgehead atoms. The number of ether oxygens (including phenoxy) is 1. The highest BCUT2D eigenvalue weighted by molar-refractivity contribution is 7.92. The minimum Gasteiger partial charge on any atom is -0.363 e. The van der Waals surface area contributed by atoms with Crippen molar-refractivity contribution in [1.29, 1.82) is 0 Å². The molecule has 0 unspecified atom stereocenters. The summed E-state index contributed by atoms with van der Waals surface area (Å²) in [4.78, 5) is 3.37. The maximum absolute atomic E-state index is 13.1. The van der Waals surface area contributed by atoms with Gasteiger partial charge in [-0.05, 0) is 24.3 Å². The molecule has 140 valence electrons. The highest BCUT2D eigenvalue weighted by Gasteiger charge is 2.36. The Bertz CT molecular complexity index is 926. The summed E-state index contributed by atoms with van der Waals surface area (Å²) in [6.45, 7) is -0.449. The van der Waals surface area contributed by atoms with Crippen LogP contribution in [0.3, 0.4) is 0 Å². The van der Waals surface area contributed by atoms with E-state index in [4.69, 9.17) is 27.9 Å². The van der Waals surface area contributed by atoms with Gasteiger partial charge in [0.25, 0.3) is 10.0 Å². The second-order valence-electron chi connectivity index (χ2n) is 5.17. The molecule has 26 heavy (non-hydrogen) atoms. The van der Waals surface area contributed by atoms with Crippen LogP contribution in [0, 0.1) is 0 Å². The Kier molecular flexibility index (Phi) is 6.11. The first-order valence-corrected chi connectivity index (χ1v) is 9.18. The Morgan fingerprint density at radius 1 is 1.27 bits per heavy atom. The standard InChI is InChI=1S/C14H12BCl2F3N2O3S/c1-25-7-22(12-4-8(16)6-21-13(12)15)26(23,24)9-2-3-11(17)10(5-9)14(18,19)20/h2-6H,7,15H2,1H3. The molecule has 0 amide bonds. The number of alkyl halides is 3. The first kappa shape index (κ1) is 20.8. The van der Waals surface area contributed by atoms with Gasteiger partial charge >= 0.3 is 6.18 Å². The summed E-state index contributed by atoms with van der Waals surface area (Å²) in [6, 6.07) is 3.68. The number of sulfonamides is 1. The van der Waals surface area contributed by atoms with E-state index in [2.05, 4.69) is 4.98 Å². The van der Waals surface area contributed by atoms with Crippen molar-refractivity contribution in [3.05, 3.63) is 46.1 Å². The molecule has 0 radical (unpaired) electrons. The molecule has 12 heteroatoms. The van der Waals surface area contributed by atoms with Crippen LogP contribution in [0.2, 0.25) is 10.0 Å². The Hall–Kier alpha value is -1.49. The number of methoxy groups -OCH3 is 1. The molecular weight excluding hydrogens is 415 g/mol. The van der Waals surface area contributed by atoms with Gasteiger partial charge < -0.3 is 4.74 Å². The second-order valence-corrected chi connectivity index (χ2v) is 7.87. The van der Waals surface area contributed by atoms with Crippen LogP contribution >= 0.6 is 23.2 Å². The summed E-state index contributed by atoms with van der Waals surface area (Å²) in [5.41, 5.74) is -0.860. The molecule has 0 spiro atoms. The number of anilines is 1. The van der Waals surface area contributed by atoms with Gasteiger partial charge in [0.15, 0.2) is 7.85 Å². The lowest BCUT2D eigenvalue weighted by Crippen LogP contribution is -2.37. The van der Waals surface area contributed by atoms with E-state index in [-0.39, 0.29) is 10.7 Å². The first-order valence-electron chi connectivity index (χ1n) is 6.99. The number of halogens is 5. The molecule has 0 aliphatic heterocycles. The molecule has 0 N–H and O–H groups in total. The number of benzene rings is 1. The van der Waals surface area contributed by atoms with Gasteiger partial charge in [0.1, 0.15) is 6.73 Å². The first-order chi connectivity index (χ1) is 12.0. The molecule has 5 nitrogen and oxygen atoms in total. The van der Waals surface area contributed by atoms with Crippen molar-refractivity contribution in [2.75, 3.05) is 18.1 Å². The average Bonchev–Trinajstić information content (AvgIpc) is 2.54. The van der Waals surface area contributed by atoms with Crippen molar-refractivity contribution in [2.24, 2.45) is 0 Å². The Morgan fingerprint density at radius 2 is 1.92 bits per heavy atom. The third-order valence-electron chi connectivity index (χ3n) is 3.37. The summed E-state index contributed by atoms with van der Waals surface area (Å²) < 4.78 is 70.8. The van der Waals surface area contributed by atoms with Crippen LogP contribution in [0.5, 0.6) is 0 Å². The zero-order chi connectivity index (χ0) is 19.7. The maximum Gasteiger partial charge on any atom is 0.417 e. The molecule has 2 aromatic rings. The van der Waals surface area contributed by atoms with Gasteiger partial charge in [0.2, 0.25) is 0 Å². The third-order valence-corrected chi connectivity index (χ3v) is 5.64. The number of nitrogens with zero attached hydrogens (tertiary/aromatic N) is 2. The van der Waals surface area contributed by atoms with Crippen molar-refractivity contribution in [3.63, 3.8) is 0 Å². The molecule has 0 fully saturated rings. The molecule has 0 saturated carbocycles. The number of rotatable bonds is 5. The minimum absolute atomic E-state index is 0.0860. The number of hydrogen-bond donors (Lipinski definition) is 0. The monoisotopic (exact) mass is 426 g/mol. The Morgan fingerprint density at radius 3 is 2.50 bits per heavy atom. The van der Waals surface area contributed by atoms with E-state index in [1.807, 2.05) is 0 Å². The molecular formula is C14H12BCl2F3N2O3S. The van der Waals surface area contributed by atoms with Crippen molar-refractivity contribution >= 4 is 52.4 Å². The van der Waals surface area contributed by atoms with Crippen molar-refractivity contribution in [2.45, 2.75) is 11.1 Å². The second kappa shape index (κ2) is 7.63.